The lowest BCUT2D eigenvalue weighted by atomic mass is 9.92. The fourth-order valence-electron chi connectivity index (χ4n) is 2.23. The van der Waals surface area contributed by atoms with E-state index in [4.69, 9.17) is 9.84 Å². The molecule has 1 aliphatic heterocycles. The largest absolute Gasteiger partial charge is 0.394 e. The lowest BCUT2D eigenvalue weighted by molar-refractivity contribution is -0.177. The third-order valence-corrected chi connectivity index (χ3v) is 3.44. The van der Waals surface area contributed by atoms with E-state index in [1.54, 1.807) is 6.20 Å². The number of hydrogen-bond acceptors (Lipinski definition) is 7. The molecular formula is C12H20N4O5. The van der Waals surface area contributed by atoms with Crippen molar-refractivity contribution in [2.45, 2.75) is 38.3 Å². The van der Waals surface area contributed by atoms with Gasteiger partial charge >= 0.3 is 0 Å². The van der Waals surface area contributed by atoms with Crippen molar-refractivity contribution in [2.24, 2.45) is 5.92 Å². The molecular weight excluding hydrogens is 280 g/mol. The predicted octanol–water partition coefficient (Wildman–Crippen LogP) is -2.36. The highest BCUT2D eigenvalue weighted by atomic mass is 16.5. The lowest BCUT2D eigenvalue weighted by Gasteiger charge is -2.36. The molecule has 9 heteroatoms. The number of aliphatic hydroxyl groups is 3. The number of aliphatic hydroxyl groups excluding tert-OH is 3. The number of rotatable bonds is 5. The molecule has 1 aliphatic rings. The van der Waals surface area contributed by atoms with Gasteiger partial charge < -0.3 is 25.4 Å². The van der Waals surface area contributed by atoms with Crippen molar-refractivity contribution < 1.29 is 24.9 Å². The number of aromatic nitrogens is 3. The molecule has 0 unspecified atom stereocenters. The van der Waals surface area contributed by atoms with Crippen molar-refractivity contribution in [3.63, 3.8) is 0 Å². The Balaban J connectivity index is 1.91. The first-order valence-electron chi connectivity index (χ1n) is 6.73. The number of carbonyl (C=O) groups is 1. The first-order chi connectivity index (χ1) is 10.0. The third-order valence-electron chi connectivity index (χ3n) is 3.44. The Kier molecular flexibility index (Phi) is 5.23. The monoisotopic (exact) mass is 300 g/mol. The molecule has 2 heterocycles. The Bertz CT molecular complexity index is 480. The maximum atomic E-state index is 10.8. The van der Waals surface area contributed by atoms with Gasteiger partial charge in [0.05, 0.1) is 38.6 Å². The number of ether oxygens (including phenoxy) is 1. The van der Waals surface area contributed by atoms with E-state index in [0.29, 0.717) is 12.2 Å². The molecule has 0 saturated carbocycles. The van der Waals surface area contributed by atoms with Gasteiger partial charge in [-0.15, -0.1) is 5.10 Å². The molecule has 1 fully saturated rings. The normalized spacial score (nSPS) is 29.3. The third kappa shape index (κ3) is 3.97. The molecule has 9 nitrogen and oxygen atoms in total. The van der Waals surface area contributed by atoms with Crippen LogP contribution in [0.2, 0.25) is 0 Å². The van der Waals surface area contributed by atoms with Crippen LogP contribution in [0.15, 0.2) is 6.20 Å². The van der Waals surface area contributed by atoms with Gasteiger partial charge in [-0.25, -0.2) is 0 Å². The highest BCUT2D eigenvalue weighted by Gasteiger charge is 2.38. The average molecular weight is 300 g/mol. The lowest BCUT2D eigenvalue weighted by Crippen LogP contribution is -2.52. The molecule has 4 atom stereocenters. The minimum atomic E-state index is -1.13. The molecule has 2 rings (SSSR count). The molecule has 1 aromatic rings. The molecule has 0 radical (unpaired) electrons. The van der Waals surface area contributed by atoms with Gasteiger partial charge in [-0.2, -0.15) is 0 Å². The van der Waals surface area contributed by atoms with Gasteiger partial charge in [0.15, 0.2) is 0 Å². The second-order valence-electron chi connectivity index (χ2n) is 5.14. The molecule has 0 aliphatic carbocycles. The van der Waals surface area contributed by atoms with Crippen molar-refractivity contribution in [1.82, 2.24) is 20.3 Å². The van der Waals surface area contributed by atoms with Gasteiger partial charge in [-0.1, -0.05) is 5.21 Å². The number of nitrogens with zero attached hydrogens (tertiary/aromatic N) is 3. The number of carbonyl (C=O) groups excluding carboxylic acids is 1. The Hall–Kier alpha value is -1.55. The molecule has 118 valence electrons. The minimum absolute atomic E-state index is 0.154. The molecule has 0 bridgehead atoms. The smallest absolute Gasteiger partial charge is 0.217 e. The zero-order valence-electron chi connectivity index (χ0n) is 11.7. The van der Waals surface area contributed by atoms with Crippen molar-refractivity contribution >= 4 is 5.91 Å². The van der Waals surface area contributed by atoms with E-state index in [-0.39, 0.29) is 31.6 Å². The summed E-state index contributed by atoms with van der Waals surface area (Å²) in [5, 5.41) is 39.3. The summed E-state index contributed by atoms with van der Waals surface area (Å²) in [6.45, 7) is 1.90. The number of nitrogens with one attached hydrogen (secondary N) is 1. The molecule has 0 spiro atoms. The molecule has 1 amide bonds. The van der Waals surface area contributed by atoms with Gasteiger partial charge in [0.1, 0.15) is 17.9 Å². The molecule has 21 heavy (non-hydrogen) atoms. The fraction of sp³-hybridized carbons (Fsp3) is 0.750. The van der Waals surface area contributed by atoms with E-state index in [9.17, 15) is 15.0 Å². The molecule has 4 N–H and O–H groups in total. The van der Waals surface area contributed by atoms with Gasteiger partial charge in [0, 0.05) is 12.8 Å². The SMILES string of the molecule is CC(=O)NCc1cn(C[C@H]2CO[C@H](CO)[C@H](O)[C@@H]2O)nn1. The summed E-state index contributed by atoms with van der Waals surface area (Å²) >= 11 is 0. The van der Waals surface area contributed by atoms with Crippen molar-refractivity contribution in [1.29, 1.82) is 0 Å². The quantitative estimate of drug-likeness (QED) is 0.479. The van der Waals surface area contributed by atoms with Crippen LogP contribution in [-0.2, 0) is 22.6 Å². The van der Waals surface area contributed by atoms with E-state index in [2.05, 4.69) is 15.6 Å². The molecule has 1 saturated heterocycles. The van der Waals surface area contributed by atoms with E-state index < -0.39 is 18.3 Å². The second-order valence-corrected chi connectivity index (χ2v) is 5.14. The maximum absolute atomic E-state index is 10.8. The highest BCUT2D eigenvalue weighted by molar-refractivity contribution is 5.72. The van der Waals surface area contributed by atoms with Crippen LogP contribution < -0.4 is 5.32 Å². The zero-order chi connectivity index (χ0) is 15.4. The summed E-state index contributed by atoms with van der Waals surface area (Å²) in [4.78, 5) is 10.8. The summed E-state index contributed by atoms with van der Waals surface area (Å²) < 4.78 is 6.83. The maximum Gasteiger partial charge on any atom is 0.217 e. The van der Waals surface area contributed by atoms with Crippen molar-refractivity contribution in [3.8, 4) is 0 Å². The van der Waals surface area contributed by atoms with Crippen LogP contribution in [0.5, 0.6) is 0 Å². The van der Waals surface area contributed by atoms with E-state index in [0.717, 1.165) is 0 Å². The van der Waals surface area contributed by atoms with Crippen LogP contribution in [0.3, 0.4) is 0 Å². The zero-order valence-corrected chi connectivity index (χ0v) is 11.7. The van der Waals surface area contributed by atoms with E-state index in [1.807, 2.05) is 0 Å². The van der Waals surface area contributed by atoms with Crippen molar-refractivity contribution in [3.05, 3.63) is 11.9 Å². The first-order valence-corrected chi connectivity index (χ1v) is 6.73. The fourth-order valence-corrected chi connectivity index (χ4v) is 2.23. The standard InChI is InChI=1S/C12H20N4O5/c1-7(18)13-2-9-4-16(15-14-9)3-8-6-21-10(5-17)12(20)11(8)19/h4,8,10-12,17,19-20H,2-3,5-6H2,1H3,(H,13,18)/t8-,10+,11+,12-/m0/s1. The second kappa shape index (κ2) is 6.94. The Morgan fingerprint density at radius 3 is 2.95 bits per heavy atom. The Morgan fingerprint density at radius 1 is 1.52 bits per heavy atom. The van der Waals surface area contributed by atoms with E-state index in [1.165, 1.54) is 11.6 Å². The Labute approximate surface area is 121 Å². The summed E-state index contributed by atoms with van der Waals surface area (Å²) in [6, 6.07) is 0. The predicted molar refractivity (Wildman–Crippen MR) is 69.9 cm³/mol. The van der Waals surface area contributed by atoms with Crippen LogP contribution in [0.1, 0.15) is 12.6 Å². The number of amides is 1. The minimum Gasteiger partial charge on any atom is -0.394 e. The molecule has 0 aromatic carbocycles. The van der Waals surface area contributed by atoms with Gasteiger partial charge in [0.2, 0.25) is 5.91 Å². The number of hydrogen-bond donors (Lipinski definition) is 4. The van der Waals surface area contributed by atoms with Gasteiger partial charge in [0.25, 0.3) is 0 Å². The molecule has 1 aromatic heterocycles. The summed E-state index contributed by atoms with van der Waals surface area (Å²) in [5.74, 6) is -0.503. The summed E-state index contributed by atoms with van der Waals surface area (Å²) in [6.07, 6.45) is -1.23. The summed E-state index contributed by atoms with van der Waals surface area (Å²) in [7, 11) is 0. The summed E-state index contributed by atoms with van der Waals surface area (Å²) in [5.41, 5.74) is 0.602. The first kappa shape index (κ1) is 15.8. The van der Waals surface area contributed by atoms with E-state index >= 15 is 0 Å². The van der Waals surface area contributed by atoms with Crippen LogP contribution in [0.25, 0.3) is 0 Å². The highest BCUT2D eigenvalue weighted by Crippen LogP contribution is 2.21. The van der Waals surface area contributed by atoms with Crippen LogP contribution in [0, 0.1) is 5.92 Å². The van der Waals surface area contributed by atoms with Crippen LogP contribution >= 0.6 is 0 Å². The average Bonchev–Trinajstić information content (AvgIpc) is 2.90. The van der Waals surface area contributed by atoms with Crippen molar-refractivity contribution in [2.75, 3.05) is 13.2 Å². The topological polar surface area (TPSA) is 130 Å². The van der Waals surface area contributed by atoms with Crippen LogP contribution in [0.4, 0.5) is 0 Å². The Morgan fingerprint density at radius 2 is 2.29 bits per heavy atom. The van der Waals surface area contributed by atoms with Crippen LogP contribution in [-0.4, -0.2) is 67.7 Å². The van der Waals surface area contributed by atoms with Gasteiger partial charge in [-0.3, -0.25) is 9.48 Å². The van der Waals surface area contributed by atoms with Gasteiger partial charge in [-0.05, 0) is 0 Å².